The number of carbonyl (C=O) groups excluding carboxylic acids is 1. The summed E-state index contributed by atoms with van der Waals surface area (Å²) < 4.78 is 2.09. The Hall–Kier alpha value is -1.82. The minimum absolute atomic E-state index is 0.161. The van der Waals surface area contributed by atoms with Crippen molar-refractivity contribution >= 4 is 17.7 Å². The van der Waals surface area contributed by atoms with E-state index in [1.165, 1.54) is 18.2 Å². The van der Waals surface area contributed by atoms with E-state index in [1.54, 1.807) is 0 Å². The van der Waals surface area contributed by atoms with E-state index in [0.717, 1.165) is 36.2 Å². The van der Waals surface area contributed by atoms with Crippen LogP contribution in [0.1, 0.15) is 34.1 Å². The van der Waals surface area contributed by atoms with E-state index >= 15 is 0 Å². The van der Waals surface area contributed by atoms with Crippen LogP contribution in [-0.4, -0.2) is 43.9 Å². The molecule has 26 heavy (non-hydrogen) atoms. The van der Waals surface area contributed by atoms with Crippen LogP contribution >= 0.6 is 11.8 Å². The van der Waals surface area contributed by atoms with Crippen LogP contribution < -0.4 is 0 Å². The number of hydrogen-bond donors (Lipinski definition) is 0. The second-order valence-electron chi connectivity index (χ2n) is 7.37. The molecule has 0 N–H and O–H groups in total. The number of benzene rings is 1. The first-order chi connectivity index (χ1) is 12.5. The molecule has 0 aliphatic carbocycles. The van der Waals surface area contributed by atoms with Crippen LogP contribution in [0.15, 0.2) is 35.5 Å². The highest BCUT2D eigenvalue weighted by Gasteiger charge is 2.29. The molecular weight excluding hydrogens is 344 g/mol. The summed E-state index contributed by atoms with van der Waals surface area (Å²) in [5.41, 5.74) is 1.05. The zero-order valence-electron chi connectivity index (χ0n) is 16.1. The first kappa shape index (κ1) is 19.0. The summed E-state index contributed by atoms with van der Waals surface area (Å²) in [6.45, 7) is 11.0. The van der Waals surface area contributed by atoms with E-state index < -0.39 is 0 Å². The fourth-order valence-electron chi connectivity index (χ4n) is 3.77. The molecule has 1 aliphatic heterocycles. The number of likely N-dealkylation sites (tertiary alicyclic amines) is 1. The SMILES string of the molecule is CCn1c(S[C@H](C)C(=O)N2C[C@H](C)C[C@@H](C)C2)nnc1-c1ccccc1. The van der Waals surface area contributed by atoms with Gasteiger partial charge in [0.05, 0.1) is 5.25 Å². The van der Waals surface area contributed by atoms with Crippen molar-refractivity contribution in [1.29, 1.82) is 0 Å². The fraction of sp³-hybridized carbons (Fsp3) is 0.550. The first-order valence-corrected chi connectivity index (χ1v) is 10.3. The third-order valence-corrected chi connectivity index (χ3v) is 5.94. The third kappa shape index (κ3) is 4.11. The molecule has 0 bridgehead atoms. The topological polar surface area (TPSA) is 51.0 Å². The lowest BCUT2D eigenvalue weighted by atomic mass is 9.92. The molecular formula is C20H28N4OS. The second-order valence-corrected chi connectivity index (χ2v) is 8.67. The van der Waals surface area contributed by atoms with Crippen LogP contribution in [0.4, 0.5) is 0 Å². The summed E-state index contributed by atoms with van der Waals surface area (Å²) in [7, 11) is 0. The van der Waals surface area contributed by atoms with Crippen molar-refractivity contribution in [3.63, 3.8) is 0 Å². The predicted molar refractivity (Wildman–Crippen MR) is 106 cm³/mol. The van der Waals surface area contributed by atoms with E-state index in [4.69, 9.17) is 0 Å². The molecule has 0 radical (unpaired) electrons. The molecule has 1 fully saturated rings. The quantitative estimate of drug-likeness (QED) is 0.746. The number of hydrogen-bond acceptors (Lipinski definition) is 4. The van der Waals surface area contributed by atoms with Crippen LogP contribution in [0, 0.1) is 11.8 Å². The van der Waals surface area contributed by atoms with Gasteiger partial charge >= 0.3 is 0 Å². The summed E-state index contributed by atoms with van der Waals surface area (Å²) in [6, 6.07) is 10.1. The summed E-state index contributed by atoms with van der Waals surface area (Å²) in [5.74, 6) is 2.21. The number of piperidine rings is 1. The summed E-state index contributed by atoms with van der Waals surface area (Å²) in [6.07, 6.45) is 1.20. The van der Waals surface area contributed by atoms with Crippen LogP contribution in [-0.2, 0) is 11.3 Å². The van der Waals surface area contributed by atoms with Crippen molar-refractivity contribution in [1.82, 2.24) is 19.7 Å². The third-order valence-electron chi connectivity index (χ3n) is 4.88. The van der Waals surface area contributed by atoms with Crippen LogP contribution in [0.5, 0.6) is 0 Å². The van der Waals surface area contributed by atoms with Gasteiger partial charge in [0, 0.05) is 25.2 Å². The van der Waals surface area contributed by atoms with Crippen LogP contribution in [0.2, 0.25) is 0 Å². The summed E-state index contributed by atoms with van der Waals surface area (Å²) in [4.78, 5) is 14.9. The number of carbonyl (C=O) groups is 1. The molecule has 1 saturated heterocycles. The Balaban J connectivity index is 1.74. The maximum Gasteiger partial charge on any atom is 0.235 e. The smallest absolute Gasteiger partial charge is 0.235 e. The monoisotopic (exact) mass is 372 g/mol. The lowest BCUT2D eigenvalue weighted by molar-refractivity contribution is -0.132. The summed E-state index contributed by atoms with van der Waals surface area (Å²) >= 11 is 1.51. The Morgan fingerprint density at radius 3 is 2.46 bits per heavy atom. The van der Waals surface area contributed by atoms with Crippen molar-refractivity contribution in [3.8, 4) is 11.4 Å². The number of rotatable bonds is 5. The molecule has 1 amide bonds. The number of nitrogens with zero attached hydrogens (tertiary/aromatic N) is 4. The van der Waals surface area contributed by atoms with Gasteiger partial charge in [-0.15, -0.1) is 10.2 Å². The lowest BCUT2D eigenvalue weighted by Crippen LogP contribution is -2.45. The highest BCUT2D eigenvalue weighted by atomic mass is 32.2. The highest BCUT2D eigenvalue weighted by molar-refractivity contribution is 8.00. The molecule has 140 valence electrons. The Morgan fingerprint density at radius 2 is 1.85 bits per heavy atom. The fourth-order valence-corrected chi connectivity index (χ4v) is 4.77. The maximum absolute atomic E-state index is 12.9. The molecule has 5 nitrogen and oxygen atoms in total. The minimum Gasteiger partial charge on any atom is -0.341 e. The molecule has 3 atom stereocenters. The molecule has 3 rings (SSSR count). The predicted octanol–water partition coefficient (Wildman–Crippen LogP) is 3.95. The normalized spacial score (nSPS) is 21.6. The van der Waals surface area contributed by atoms with E-state index in [9.17, 15) is 4.79 Å². The van der Waals surface area contributed by atoms with Crippen molar-refractivity contribution < 1.29 is 4.79 Å². The van der Waals surface area contributed by atoms with E-state index in [0.29, 0.717) is 11.8 Å². The maximum atomic E-state index is 12.9. The Bertz CT molecular complexity index is 736. The average Bonchev–Trinajstić information content (AvgIpc) is 3.03. The molecule has 1 aliphatic rings. The van der Waals surface area contributed by atoms with E-state index in [1.807, 2.05) is 42.2 Å². The summed E-state index contributed by atoms with van der Waals surface area (Å²) in [5, 5.41) is 9.39. The molecule has 1 aromatic heterocycles. The van der Waals surface area contributed by atoms with Gasteiger partial charge in [0.2, 0.25) is 5.91 Å². The van der Waals surface area contributed by atoms with Gasteiger partial charge < -0.3 is 9.47 Å². The number of thioether (sulfide) groups is 1. The molecule has 1 aromatic carbocycles. The number of aromatic nitrogens is 3. The van der Waals surface area contributed by atoms with Gasteiger partial charge in [-0.1, -0.05) is 55.9 Å². The largest absolute Gasteiger partial charge is 0.341 e. The van der Waals surface area contributed by atoms with Gasteiger partial charge in [-0.25, -0.2) is 0 Å². The van der Waals surface area contributed by atoms with Crippen LogP contribution in [0.25, 0.3) is 11.4 Å². The molecule has 2 heterocycles. The molecule has 0 saturated carbocycles. The lowest BCUT2D eigenvalue weighted by Gasteiger charge is -2.36. The zero-order valence-corrected chi connectivity index (χ0v) is 16.9. The van der Waals surface area contributed by atoms with Gasteiger partial charge in [-0.2, -0.15) is 0 Å². The van der Waals surface area contributed by atoms with Crippen molar-refractivity contribution in [2.24, 2.45) is 11.8 Å². The molecule has 6 heteroatoms. The highest BCUT2D eigenvalue weighted by Crippen LogP contribution is 2.29. The molecule has 0 spiro atoms. The molecule has 2 aromatic rings. The number of amides is 1. The molecule has 0 unspecified atom stereocenters. The Labute approximate surface area is 160 Å². The van der Waals surface area contributed by atoms with Crippen molar-refractivity contribution in [2.45, 2.75) is 51.1 Å². The van der Waals surface area contributed by atoms with Crippen molar-refractivity contribution in [2.75, 3.05) is 13.1 Å². The first-order valence-electron chi connectivity index (χ1n) is 9.43. The van der Waals surface area contributed by atoms with Gasteiger partial charge in [0.25, 0.3) is 0 Å². The minimum atomic E-state index is -0.161. The van der Waals surface area contributed by atoms with Gasteiger partial charge in [-0.05, 0) is 32.1 Å². The Kier molecular flexibility index (Phi) is 6.01. The van der Waals surface area contributed by atoms with Gasteiger partial charge in [0.1, 0.15) is 0 Å². The van der Waals surface area contributed by atoms with E-state index in [-0.39, 0.29) is 11.2 Å². The van der Waals surface area contributed by atoms with Gasteiger partial charge in [0.15, 0.2) is 11.0 Å². The standard InChI is InChI=1S/C20H28N4OS/c1-5-24-18(17-9-7-6-8-10-17)21-22-20(24)26-16(4)19(25)23-12-14(2)11-15(3)13-23/h6-10,14-16H,5,11-13H2,1-4H3/t14-,15-,16-/m1/s1. The average molecular weight is 373 g/mol. The van der Waals surface area contributed by atoms with Gasteiger partial charge in [-0.3, -0.25) is 4.79 Å². The Morgan fingerprint density at radius 1 is 1.19 bits per heavy atom. The van der Waals surface area contributed by atoms with Crippen LogP contribution in [0.3, 0.4) is 0 Å². The van der Waals surface area contributed by atoms with E-state index in [2.05, 4.69) is 35.5 Å². The zero-order chi connectivity index (χ0) is 18.7. The van der Waals surface area contributed by atoms with Crippen molar-refractivity contribution in [3.05, 3.63) is 30.3 Å². The second kappa shape index (κ2) is 8.25.